The molecule has 0 aliphatic carbocycles. The van der Waals surface area contributed by atoms with E-state index in [0.717, 1.165) is 24.9 Å². The van der Waals surface area contributed by atoms with Crippen molar-refractivity contribution in [3.05, 3.63) is 57.6 Å². The Balaban J connectivity index is 1.57. The number of hydrogen-bond donors (Lipinski definition) is 3. The minimum absolute atomic E-state index is 0.318. The normalized spacial score (nSPS) is 14.9. The summed E-state index contributed by atoms with van der Waals surface area (Å²) in [4.78, 5) is 0.318. The van der Waals surface area contributed by atoms with Crippen molar-refractivity contribution >= 4 is 33.0 Å². The minimum Gasteiger partial charge on any atom is -0.332 e. The lowest BCUT2D eigenvalue weighted by Crippen LogP contribution is -2.40. The van der Waals surface area contributed by atoms with E-state index in [1.54, 1.807) is 28.6 Å². The average Bonchev–Trinajstić information content (AvgIpc) is 2.79. The molecule has 1 saturated heterocycles. The molecule has 0 spiro atoms. The Morgan fingerprint density at radius 2 is 1.41 bits per heavy atom. The Kier molecular flexibility index (Phi) is 7.92. The second kappa shape index (κ2) is 10.3. The van der Waals surface area contributed by atoms with E-state index in [2.05, 4.69) is 50.8 Å². The SMILES string of the molecule is Cc1c(C)c(C)c(CNNC(=S)Nc2ccc(S(=O)(=O)N3CCCCC3)cc2)c(C)c1C. The Hall–Kier alpha value is -2.00. The lowest BCUT2D eigenvalue weighted by atomic mass is 9.90. The summed E-state index contributed by atoms with van der Waals surface area (Å²) in [5.41, 5.74) is 14.8. The van der Waals surface area contributed by atoms with Gasteiger partial charge in [-0.25, -0.2) is 13.8 Å². The molecule has 0 unspecified atom stereocenters. The van der Waals surface area contributed by atoms with Crippen molar-refractivity contribution in [3.8, 4) is 0 Å². The van der Waals surface area contributed by atoms with E-state index < -0.39 is 10.0 Å². The molecule has 2 aromatic carbocycles. The highest BCUT2D eigenvalue weighted by Crippen LogP contribution is 2.26. The van der Waals surface area contributed by atoms with Gasteiger partial charge >= 0.3 is 0 Å². The fourth-order valence-corrected chi connectivity index (χ4v) is 5.89. The Bertz CT molecular complexity index is 1060. The van der Waals surface area contributed by atoms with Gasteiger partial charge in [0.05, 0.1) is 4.90 Å². The molecular formula is C24H34N4O2S2. The zero-order chi connectivity index (χ0) is 23.5. The molecule has 174 valence electrons. The smallest absolute Gasteiger partial charge is 0.243 e. The summed E-state index contributed by atoms with van der Waals surface area (Å²) >= 11 is 5.39. The van der Waals surface area contributed by atoms with E-state index in [1.165, 1.54) is 33.4 Å². The van der Waals surface area contributed by atoms with Gasteiger partial charge in [-0.05, 0) is 117 Å². The molecule has 0 bridgehead atoms. The number of anilines is 1. The third-order valence-corrected chi connectivity index (χ3v) is 8.80. The molecule has 6 nitrogen and oxygen atoms in total. The second-order valence-electron chi connectivity index (χ2n) is 8.53. The number of hydrazine groups is 1. The first-order valence-corrected chi connectivity index (χ1v) is 12.9. The maximum absolute atomic E-state index is 12.8. The molecule has 1 aliphatic rings. The topological polar surface area (TPSA) is 73.5 Å². The van der Waals surface area contributed by atoms with E-state index in [9.17, 15) is 8.42 Å². The minimum atomic E-state index is -3.43. The van der Waals surface area contributed by atoms with Crippen LogP contribution in [0.1, 0.15) is 52.6 Å². The summed E-state index contributed by atoms with van der Waals surface area (Å²) in [7, 11) is -3.43. The molecule has 1 aliphatic heterocycles. The van der Waals surface area contributed by atoms with Crippen molar-refractivity contribution < 1.29 is 8.42 Å². The number of nitrogens with one attached hydrogen (secondary N) is 3. The van der Waals surface area contributed by atoms with Crippen LogP contribution in [-0.2, 0) is 16.6 Å². The largest absolute Gasteiger partial charge is 0.332 e. The van der Waals surface area contributed by atoms with Crippen LogP contribution in [0.15, 0.2) is 29.2 Å². The van der Waals surface area contributed by atoms with Gasteiger partial charge in [0.25, 0.3) is 0 Å². The predicted octanol–water partition coefficient (Wildman–Crippen LogP) is 4.39. The van der Waals surface area contributed by atoms with Gasteiger partial charge < -0.3 is 5.32 Å². The molecule has 0 saturated carbocycles. The molecule has 8 heteroatoms. The maximum Gasteiger partial charge on any atom is 0.243 e. The summed E-state index contributed by atoms with van der Waals surface area (Å²) in [5, 5.41) is 3.52. The maximum atomic E-state index is 12.8. The van der Waals surface area contributed by atoms with Crippen LogP contribution < -0.4 is 16.2 Å². The zero-order valence-corrected chi connectivity index (χ0v) is 21.3. The first-order valence-electron chi connectivity index (χ1n) is 11.1. The van der Waals surface area contributed by atoms with Crippen LogP contribution in [0.5, 0.6) is 0 Å². The van der Waals surface area contributed by atoms with Crippen LogP contribution >= 0.6 is 12.2 Å². The summed E-state index contributed by atoms with van der Waals surface area (Å²) in [6, 6.07) is 6.75. The molecule has 1 fully saturated rings. The molecule has 32 heavy (non-hydrogen) atoms. The van der Waals surface area contributed by atoms with E-state index in [4.69, 9.17) is 12.2 Å². The van der Waals surface area contributed by atoms with Crippen LogP contribution in [0.4, 0.5) is 5.69 Å². The van der Waals surface area contributed by atoms with Gasteiger partial charge in [-0.1, -0.05) is 6.42 Å². The number of sulfonamides is 1. The fraction of sp³-hybridized carbons (Fsp3) is 0.458. The summed E-state index contributed by atoms with van der Waals surface area (Å²) in [5.74, 6) is 0. The van der Waals surface area contributed by atoms with Crippen LogP contribution in [0, 0.1) is 34.6 Å². The summed E-state index contributed by atoms with van der Waals surface area (Å²) < 4.78 is 27.1. The van der Waals surface area contributed by atoms with Crippen molar-refractivity contribution in [1.29, 1.82) is 0 Å². The summed E-state index contributed by atoms with van der Waals surface area (Å²) in [6.45, 7) is 12.6. The van der Waals surface area contributed by atoms with Crippen molar-refractivity contribution in [2.75, 3.05) is 18.4 Å². The van der Waals surface area contributed by atoms with E-state index in [0.29, 0.717) is 29.6 Å². The van der Waals surface area contributed by atoms with Crippen molar-refractivity contribution in [1.82, 2.24) is 15.2 Å². The monoisotopic (exact) mass is 474 g/mol. The molecule has 2 aromatic rings. The van der Waals surface area contributed by atoms with Gasteiger partial charge in [0.2, 0.25) is 10.0 Å². The highest BCUT2D eigenvalue weighted by Gasteiger charge is 2.25. The quantitative estimate of drug-likeness (QED) is 0.426. The first kappa shape index (κ1) is 24.6. The molecule has 1 heterocycles. The predicted molar refractivity (Wildman–Crippen MR) is 135 cm³/mol. The van der Waals surface area contributed by atoms with Gasteiger partial charge in [-0.15, -0.1) is 0 Å². The van der Waals surface area contributed by atoms with E-state index in [-0.39, 0.29) is 0 Å². The van der Waals surface area contributed by atoms with Gasteiger partial charge in [0.15, 0.2) is 5.11 Å². The third-order valence-electron chi connectivity index (χ3n) is 6.69. The van der Waals surface area contributed by atoms with Crippen molar-refractivity contribution in [3.63, 3.8) is 0 Å². The first-order chi connectivity index (χ1) is 15.1. The van der Waals surface area contributed by atoms with Crippen molar-refractivity contribution in [2.24, 2.45) is 0 Å². The molecule has 3 N–H and O–H groups in total. The molecule has 0 atom stereocenters. The van der Waals surface area contributed by atoms with Crippen LogP contribution in [-0.4, -0.2) is 30.9 Å². The molecular weight excluding hydrogens is 440 g/mol. The standard InChI is InChI=1S/C24H34N4O2S2/c1-16-17(2)19(4)23(20(5)18(16)3)15-25-27-24(31)26-21-9-11-22(12-10-21)32(29,30)28-13-7-6-8-14-28/h9-12,25H,6-8,13-15H2,1-5H3,(H2,26,27,31). The summed E-state index contributed by atoms with van der Waals surface area (Å²) in [6.07, 6.45) is 2.94. The average molecular weight is 475 g/mol. The Labute approximate surface area is 197 Å². The van der Waals surface area contributed by atoms with Gasteiger partial charge in [-0.2, -0.15) is 4.31 Å². The third kappa shape index (κ3) is 5.31. The molecule has 0 aromatic heterocycles. The molecule has 0 amide bonds. The highest BCUT2D eigenvalue weighted by atomic mass is 32.2. The number of piperidine rings is 1. The molecule has 3 rings (SSSR count). The Morgan fingerprint density at radius 3 is 1.97 bits per heavy atom. The van der Waals surface area contributed by atoms with Crippen molar-refractivity contribution in [2.45, 2.75) is 65.3 Å². The lowest BCUT2D eigenvalue weighted by Gasteiger charge is -2.25. The lowest BCUT2D eigenvalue weighted by molar-refractivity contribution is 0.346. The number of thiocarbonyl (C=S) groups is 1. The number of benzene rings is 2. The fourth-order valence-electron chi connectivity index (χ4n) is 4.18. The highest BCUT2D eigenvalue weighted by molar-refractivity contribution is 7.89. The van der Waals surface area contributed by atoms with Gasteiger partial charge in [0.1, 0.15) is 0 Å². The number of hydrogen-bond acceptors (Lipinski definition) is 4. The zero-order valence-electron chi connectivity index (χ0n) is 19.6. The second-order valence-corrected chi connectivity index (χ2v) is 10.9. The van der Waals surface area contributed by atoms with E-state index >= 15 is 0 Å². The van der Waals surface area contributed by atoms with Gasteiger partial charge in [0, 0.05) is 25.3 Å². The van der Waals surface area contributed by atoms with Crippen LogP contribution in [0.25, 0.3) is 0 Å². The van der Waals surface area contributed by atoms with Crippen LogP contribution in [0.3, 0.4) is 0 Å². The van der Waals surface area contributed by atoms with Crippen LogP contribution in [0.2, 0.25) is 0 Å². The van der Waals surface area contributed by atoms with Gasteiger partial charge in [-0.3, -0.25) is 5.43 Å². The number of rotatable bonds is 6. The number of nitrogens with zero attached hydrogens (tertiary/aromatic N) is 1. The Morgan fingerprint density at radius 1 is 0.875 bits per heavy atom. The van der Waals surface area contributed by atoms with E-state index in [1.807, 2.05) is 0 Å². The molecule has 0 radical (unpaired) electrons.